The van der Waals surface area contributed by atoms with Gasteiger partial charge in [0.05, 0.1) is 23.1 Å². The SMILES string of the molecule is CC1C=CC=CC1N(c1ccccc1)C1C=C2C(=CC1)c1ccc(-c3ccc4c(c3)c3ccccc3n4-c3ccc(-c4cccc5c4sc4ccccc45)cc3)cc1C2(C)C. The highest BCUT2D eigenvalue weighted by molar-refractivity contribution is 7.26. The molecule has 3 atom stereocenters. The molecule has 61 heavy (non-hydrogen) atoms. The van der Waals surface area contributed by atoms with Gasteiger partial charge in [-0.25, -0.2) is 0 Å². The van der Waals surface area contributed by atoms with E-state index in [1.807, 2.05) is 11.3 Å². The van der Waals surface area contributed by atoms with Gasteiger partial charge in [0.2, 0.25) is 0 Å². The molecule has 0 aliphatic heterocycles. The molecule has 0 spiro atoms. The average molecular weight is 803 g/mol. The molecule has 0 saturated carbocycles. The number of thiophene rings is 1. The molecule has 3 heteroatoms. The Hall–Kier alpha value is -6.68. The van der Waals surface area contributed by atoms with Crippen molar-refractivity contribution in [3.8, 4) is 27.9 Å². The Bertz CT molecular complexity index is 3330. The van der Waals surface area contributed by atoms with E-state index >= 15 is 0 Å². The monoisotopic (exact) mass is 802 g/mol. The first-order valence-corrected chi connectivity index (χ1v) is 22.5. The van der Waals surface area contributed by atoms with E-state index in [4.69, 9.17) is 0 Å². The maximum atomic E-state index is 2.66. The first-order chi connectivity index (χ1) is 29.9. The van der Waals surface area contributed by atoms with Crippen LogP contribution >= 0.6 is 11.3 Å². The van der Waals surface area contributed by atoms with Crippen molar-refractivity contribution >= 4 is 64.6 Å². The Balaban J connectivity index is 0.898. The van der Waals surface area contributed by atoms with Crippen molar-refractivity contribution in [3.63, 3.8) is 0 Å². The normalized spacial score (nSPS) is 19.0. The van der Waals surface area contributed by atoms with E-state index in [2.05, 4.69) is 224 Å². The Kier molecular flexibility index (Phi) is 8.27. The lowest BCUT2D eigenvalue weighted by atomic mass is 9.78. The Morgan fingerprint density at radius 2 is 1.31 bits per heavy atom. The summed E-state index contributed by atoms with van der Waals surface area (Å²) in [5.41, 5.74) is 15.5. The van der Waals surface area contributed by atoms with Crippen LogP contribution in [-0.2, 0) is 5.41 Å². The van der Waals surface area contributed by atoms with Crippen LogP contribution in [0.15, 0.2) is 200 Å². The smallest absolute Gasteiger partial charge is 0.0542 e. The zero-order chi connectivity index (χ0) is 40.8. The van der Waals surface area contributed by atoms with Gasteiger partial charge in [-0.1, -0.05) is 160 Å². The van der Waals surface area contributed by atoms with Crippen LogP contribution < -0.4 is 4.90 Å². The molecule has 7 aromatic carbocycles. The lowest BCUT2D eigenvalue weighted by Gasteiger charge is -2.42. The molecule has 3 aliphatic carbocycles. The third kappa shape index (κ3) is 5.67. The average Bonchev–Trinajstić information content (AvgIpc) is 3.92. The van der Waals surface area contributed by atoms with Gasteiger partial charge in [0.25, 0.3) is 0 Å². The molecular formula is C58H46N2S. The second-order valence-electron chi connectivity index (χ2n) is 17.7. The van der Waals surface area contributed by atoms with Gasteiger partial charge in [-0.2, -0.15) is 0 Å². The fourth-order valence-electron chi connectivity index (χ4n) is 10.7. The lowest BCUT2D eigenvalue weighted by Crippen LogP contribution is -2.46. The molecule has 294 valence electrons. The van der Waals surface area contributed by atoms with Crippen molar-refractivity contribution in [1.29, 1.82) is 0 Å². The Morgan fingerprint density at radius 1 is 0.607 bits per heavy atom. The van der Waals surface area contributed by atoms with Crippen molar-refractivity contribution < 1.29 is 0 Å². The van der Waals surface area contributed by atoms with Crippen molar-refractivity contribution in [2.75, 3.05) is 4.90 Å². The van der Waals surface area contributed by atoms with Crippen molar-refractivity contribution in [1.82, 2.24) is 4.57 Å². The van der Waals surface area contributed by atoms with E-state index in [9.17, 15) is 0 Å². The van der Waals surface area contributed by atoms with Gasteiger partial charge in [-0.05, 0) is 111 Å². The molecule has 0 fully saturated rings. The number of hydrogen-bond acceptors (Lipinski definition) is 2. The zero-order valence-corrected chi connectivity index (χ0v) is 35.5. The molecule has 0 amide bonds. The third-order valence-corrected chi connectivity index (χ3v) is 15.0. The molecule has 3 unspecified atom stereocenters. The van der Waals surface area contributed by atoms with E-state index in [0.29, 0.717) is 12.0 Å². The van der Waals surface area contributed by atoms with Gasteiger partial charge in [-0.15, -0.1) is 11.3 Å². The maximum Gasteiger partial charge on any atom is 0.0542 e. The summed E-state index contributed by atoms with van der Waals surface area (Å²) in [5.74, 6) is 0.427. The topological polar surface area (TPSA) is 8.17 Å². The highest BCUT2D eigenvalue weighted by atomic mass is 32.1. The number of hydrogen-bond donors (Lipinski definition) is 0. The quantitative estimate of drug-likeness (QED) is 0.163. The molecule has 3 aliphatic rings. The number of para-hydroxylation sites is 2. The van der Waals surface area contributed by atoms with E-state index in [1.165, 1.54) is 97.9 Å². The summed E-state index contributed by atoms with van der Waals surface area (Å²) in [6.45, 7) is 7.19. The fourth-order valence-corrected chi connectivity index (χ4v) is 12.0. The summed E-state index contributed by atoms with van der Waals surface area (Å²) in [5, 5.41) is 5.21. The minimum atomic E-state index is -0.124. The summed E-state index contributed by atoms with van der Waals surface area (Å²) >= 11 is 1.89. The number of rotatable bonds is 6. The summed E-state index contributed by atoms with van der Waals surface area (Å²) in [6.07, 6.45) is 15.2. The molecular weight excluding hydrogens is 757 g/mol. The first-order valence-electron chi connectivity index (χ1n) is 21.7. The third-order valence-electron chi connectivity index (χ3n) is 13.8. The van der Waals surface area contributed by atoms with Gasteiger partial charge < -0.3 is 9.47 Å². The van der Waals surface area contributed by atoms with Crippen LogP contribution in [0.2, 0.25) is 0 Å². The van der Waals surface area contributed by atoms with E-state index in [-0.39, 0.29) is 11.5 Å². The fraction of sp³-hybridized carbons (Fsp3) is 0.138. The largest absolute Gasteiger partial charge is 0.358 e. The minimum Gasteiger partial charge on any atom is -0.358 e. The van der Waals surface area contributed by atoms with Crippen LogP contribution in [0.4, 0.5) is 5.69 Å². The number of benzene rings is 7. The van der Waals surface area contributed by atoms with Gasteiger partial charge in [0, 0.05) is 47.7 Å². The first kappa shape index (κ1) is 36.2. The van der Waals surface area contributed by atoms with Crippen LogP contribution in [0, 0.1) is 5.92 Å². The van der Waals surface area contributed by atoms with E-state index in [1.54, 1.807) is 0 Å². The number of fused-ring (bicyclic) bond motifs is 9. The molecule has 0 N–H and O–H groups in total. The number of nitrogens with zero attached hydrogens (tertiary/aromatic N) is 2. The van der Waals surface area contributed by atoms with Crippen molar-refractivity contribution in [2.24, 2.45) is 5.92 Å². The molecule has 0 saturated heterocycles. The summed E-state index contributed by atoms with van der Waals surface area (Å²) < 4.78 is 5.12. The van der Waals surface area contributed by atoms with E-state index < -0.39 is 0 Å². The van der Waals surface area contributed by atoms with E-state index in [0.717, 1.165) is 6.42 Å². The van der Waals surface area contributed by atoms with Crippen LogP contribution in [-0.4, -0.2) is 16.7 Å². The van der Waals surface area contributed by atoms with Gasteiger partial charge in [-0.3, -0.25) is 0 Å². The molecule has 12 rings (SSSR count). The molecule has 2 nitrogen and oxygen atoms in total. The number of aromatic nitrogens is 1. The molecule has 0 radical (unpaired) electrons. The van der Waals surface area contributed by atoms with Crippen LogP contribution in [0.3, 0.4) is 0 Å². The van der Waals surface area contributed by atoms with Crippen LogP contribution in [0.25, 0.3) is 75.5 Å². The van der Waals surface area contributed by atoms with Crippen molar-refractivity contribution in [2.45, 2.75) is 44.7 Å². The van der Waals surface area contributed by atoms with Gasteiger partial charge in [0.1, 0.15) is 0 Å². The molecule has 9 aromatic rings. The van der Waals surface area contributed by atoms with Crippen molar-refractivity contribution in [3.05, 3.63) is 211 Å². The second-order valence-corrected chi connectivity index (χ2v) is 18.7. The Morgan fingerprint density at radius 3 is 2.16 bits per heavy atom. The standard InChI is InChI=1S/C58H46N2S/c1-37-14-7-10-21-53(37)59(41-15-5-4-6-16-41)43-30-32-46-45-31-26-40(35-51(45)58(2,3)52(46)36-43)39-27-33-55-50(34-39)47-17-8-11-22-54(47)60(55)42-28-24-38(25-29-42)44-19-13-20-49-48-18-9-12-23-56(48)61-57(44)49/h4-29,31-37,43,53H,30H2,1-3H3. The zero-order valence-electron chi connectivity index (χ0n) is 34.7. The lowest BCUT2D eigenvalue weighted by molar-refractivity contribution is 0.522. The number of anilines is 1. The van der Waals surface area contributed by atoms with Gasteiger partial charge in [0.15, 0.2) is 0 Å². The predicted molar refractivity (Wildman–Crippen MR) is 262 cm³/mol. The molecule has 0 bridgehead atoms. The minimum absolute atomic E-state index is 0.124. The molecule has 2 aromatic heterocycles. The number of allylic oxidation sites excluding steroid dienone is 4. The second kappa shape index (κ2) is 13.9. The van der Waals surface area contributed by atoms with Crippen LogP contribution in [0.5, 0.6) is 0 Å². The highest BCUT2D eigenvalue weighted by Gasteiger charge is 2.41. The predicted octanol–water partition coefficient (Wildman–Crippen LogP) is 15.5. The van der Waals surface area contributed by atoms with Crippen LogP contribution in [0.1, 0.15) is 38.3 Å². The van der Waals surface area contributed by atoms with Gasteiger partial charge >= 0.3 is 0 Å². The molecule has 2 heterocycles. The summed E-state index contributed by atoms with van der Waals surface area (Å²) in [4.78, 5) is 2.66. The summed E-state index contributed by atoms with van der Waals surface area (Å²) in [6, 6.07) is 59.4. The Labute approximate surface area is 361 Å². The highest BCUT2D eigenvalue weighted by Crippen LogP contribution is 2.53. The maximum absolute atomic E-state index is 2.66. The summed E-state index contributed by atoms with van der Waals surface area (Å²) in [7, 11) is 0.